The van der Waals surface area contributed by atoms with Gasteiger partial charge in [-0.25, -0.2) is 9.18 Å². The van der Waals surface area contributed by atoms with Gasteiger partial charge in [0, 0.05) is 11.8 Å². The molecule has 0 spiro atoms. The van der Waals surface area contributed by atoms with Crippen molar-refractivity contribution in [2.45, 2.75) is 10.6 Å². The molecule has 0 heterocycles. The van der Waals surface area contributed by atoms with Gasteiger partial charge in [0.05, 0.1) is 15.4 Å². The summed E-state index contributed by atoms with van der Waals surface area (Å²) in [5.74, 6) is -1.57. The number of benzene rings is 2. The van der Waals surface area contributed by atoms with Gasteiger partial charge in [0.25, 0.3) is 5.69 Å². The zero-order valence-corrected chi connectivity index (χ0v) is 11.5. The third-order valence-electron chi connectivity index (χ3n) is 2.74. The zero-order valence-electron chi connectivity index (χ0n) is 10.7. The first-order chi connectivity index (χ1) is 9.99. The Kier molecular flexibility index (Phi) is 4.54. The molecule has 0 aliphatic carbocycles. The Morgan fingerprint density at radius 2 is 2.00 bits per heavy atom. The summed E-state index contributed by atoms with van der Waals surface area (Å²) >= 11 is 1.10. The Morgan fingerprint density at radius 1 is 1.29 bits per heavy atom. The molecule has 0 aromatic heterocycles. The van der Waals surface area contributed by atoms with E-state index in [0.29, 0.717) is 4.90 Å². The summed E-state index contributed by atoms with van der Waals surface area (Å²) in [6.07, 6.45) is 0. The van der Waals surface area contributed by atoms with E-state index >= 15 is 0 Å². The first kappa shape index (κ1) is 15.0. The van der Waals surface area contributed by atoms with Crippen LogP contribution in [-0.4, -0.2) is 16.0 Å². The summed E-state index contributed by atoms with van der Waals surface area (Å²) in [6, 6.07) is 9.53. The molecule has 0 aliphatic heterocycles. The molecular formula is C14H10FNO4S. The Morgan fingerprint density at radius 3 is 2.67 bits per heavy atom. The molecule has 2 aromatic rings. The van der Waals surface area contributed by atoms with Gasteiger partial charge in [-0.3, -0.25) is 10.1 Å². The first-order valence-electron chi connectivity index (χ1n) is 5.87. The number of hydrogen-bond acceptors (Lipinski definition) is 4. The van der Waals surface area contributed by atoms with E-state index < -0.39 is 16.7 Å². The number of carboxylic acids is 1. The highest BCUT2D eigenvalue weighted by atomic mass is 32.2. The van der Waals surface area contributed by atoms with Gasteiger partial charge in [0.1, 0.15) is 5.82 Å². The third kappa shape index (κ3) is 3.57. The lowest BCUT2D eigenvalue weighted by molar-refractivity contribution is -0.387. The fourth-order valence-electron chi connectivity index (χ4n) is 1.78. The van der Waals surface area contributed by atoms with Crippen LogP contribution >= 0.6 is 11.8 Å². The van der Waals surface area contributed by atoms with Crippen molar-refractivity contribution in [2.24, 2.45) is 0 Å². The maximum Gasteiger partial charge on any atom is 0.335 e. The molecule has 0 amide bonds. The number of nitro benzene ring substituents is 1. The van der Waals surface area contributed by atoms with Crippen molar-refractivity contribution in [3.05, 3.63) is 69.5 Å². The van der Waals surface area contributed by atoms with E-state index in [4.69, 9.17) is 5.11 Å². The minimum Gasteiger partial charge on any atom is -0.478 e. The molecule has 0 saturated carbocycles. The molecule has 0 aliphatic rings. The fraction of sp³-hybridized carbons (Fsp3) is 0.0714. The van der Waals surface area contributed by atoms with Crippen LogP contribution in [0.25, 0.3) is 0 Å². The van der Waals surface area contributed by atoms with E-state index in [0.717, 1.165) is 23.9 Å². The molecule has 108 valence electrons. The predicted octanol–water partition coefficient (Wildman–Crippen LogP) is 3.72. The highest BCUT2D eigenvalue weighted by Gasteiger charge is 2.15. The van der Waals surface area contributed by atoms with Crippen molar-refractivity contribution in [3.8, 4) is 0 Å². The van der Waals surface area contributed by atoms with Gasteiger partial charge in [-0.1, -0.05) is 12.1 Å². The van der Waals surface area contributed by atoms with Gasteiger partial charge >= 0.3 is 5.97 Å². The van der Waals surface area contributed by atoms with Crippen LogP contribution in [-0.2, 0) is 5.75 Å². The Hall–Kier alpha value is -2.41. The number of para-hydroxylation sites is 1. The lowest BCUT2D eigenvalue weighted by Gasteiger charge is -2.06. The van der Waals surface area contributed by atoms with Gasteiger partial charge in [-0.15, -0.1) is 11.8 Å². The van der Waals surface area contributed by atoms with Crippen molar-refractivity contribution in [3.63, 3.8) is 0 Å². The van der Waals surface area contributed by atoms with Crippen LogP contribution in [0.3, 0.4) is 0 Å². The normalized spacial score (nSPS) is 10.3. The van der Waals surface area contributed by atoms with E-state index in [9.17, 15) is 19.3 Å². The Balaban J connectivity index is 2.27. The lowest BCUT2D eigenvalue weighted by Crippen LogP contribution is -2.02. The van der Waals surface area contributed by atoms with Crippen LogP contribution in [0.15, 0.2) is 47.4 Å². The number of halogens is 1. The van der Waals surface area contributed by atoms with Crippen LogP contribution in [0.5, 0.6) is 0 Å². The molecule has 1 N–H and O–H groups in total. The summed E-state index contributed by atoms with van der Waals surface area (Å²) in [5.41, 5.74) is 0.212. The lowest BCUT2D eigenvalue weighted by atomic mass is 10.1. The quantitative estimate of drug-likeness (QED) is 0.517. The van der Waals surface area contributed by atoms with E-state index in [-0.39, 0.29) is 22.6 Å². The first-order valence-corrected chi connectivity index (χ1v) is 6.85. The van der Waals surface area contributed by atoms with Crippen LogP contribution in [0.4, 0.5) is 10.1 Å². The Bertz CT molecular complexity index is 705. The zero-order chi connectivity index (χ0) is 15.4. The average Bonchev–Trinajstić information content (AvgIpc) is 2.45. The number of carbonyl (C=O) groups is 1. The predicted molar refractivity (Wildman–Crippen MR) is 76.0 cm³/mol. The largest absolute Gasteiger partial charge is 0.478 e. The molecule has 0 bridgehead atoms. The van der Waals surface area contributed by atoms with Gasteiger partial charge in [0.15, 0.2) is 0 Å². The summed E-state index contributed by atoms with van der Waals surface area (Å²) in [4.78, 5) is 21.9. The second-order valence-corrected chi connectivity index (χ2v) is 5.14. The van der Waals surface area contributed by atoms with E-state index in [1.165, 1.54) is 12.1 Å². The number of carboxylic acid groups (broad SMARTS) is 1. The van der Waals surface area contributed by atoms with Crippen molar-refractivity contribution >= 4 is 23.4 Å². The van der Waals surface area contributed by atoms with Gasteiger partial charge in [-0.05, 0) is 29.8 Å². The van der Waals surface area contributed by atoms with Crippen molar-refractivity contribution < 1.29 is 19.2 Å². The molecular weight excluding hydrogens is 297 g/mol. The number of nitrogens with zero attached hydrogens (tertiary/aromatic N) is 1. The van der Waals surface area contributed by atoms with E-state index in [1.807, 2.05) is 0 Å². The number of aromatic carboxylic acids is 1. The summed E-state index contributed by atoms with van der Waals surface area (Å²) in [5, 5.41) is 20.0. The van der Waals surface area contributed by atoms with Crippen molar-refractivity contribution in [2.75, 3.05) is 0 Å². The van der Waals surface area contributed by atoms with Crippen LogP contribution in [0.2, 0.25) is 0 Å². The molecule has 0 fully saturated rings. The topological polar surface area (TPSA) is 80.4 Å². The highest BCUT2D eigenvalue weighted by Crippen LogP contribution is 2.32. The summed E-state index contributed by atoms with van der Waals surface area (Å²) < 4.78 is 13.2. The van der Waals surface area contributed by atoms with Gasteiger partial charge < -0.3 is 5.11 Å². The monoisotopic (exact) mass is 307 g/mol. The van der Waals surface area contributed by atoms with Crippen molar-refractivity contribution in [1.29, 1.82) is 0 Å². The molecule has 0 saturated heterocycles. The summed E-state index contributed by atoms with van der Waals surface area (Å²) in [6.45, 7) is 0. The molecule has 7 heteroatoms. The molecule has 21 heavy (non-hydrogen) atoms. The molecule has 0 atom stereocenters. The van der Waals surface area contributed by atoms with E-state index in [1.54, 1.807) is 18.2 Å². The van der Waals surface area contributed by atoms with Gasteiger partial charge in [0.2, 0.25) is 0 Å². The Labute approximate surface area is 123 Å². The van der Waals surface area contributed by atoms with Crippen LogP contribution < -0.4 is 0 Å². The van der Waals surface area contributed by atoms with E-state index in [2.05, 4.69) is 0 Å². The number of hydrogen-bond donors (Lipinski definition) is 1. The average molecular weight is 307 g/mol. The fourth-order valence-corrected chi connectivity index (χ4v) is 2.79. The summed E-state index contributed by atoms with van der Waals surface area (Å²) in [7, 11) is 0. The molecule has 2 rings (SSSR count). The van der Waals surface area contributed by atoms with Crippen LogP contribution in [0, 0.1) is 15.9 Å². The minimum atomic E-state index is -1.16. The number of nitro groups is 1. The van der Waals surface area contributed by atoms with Crippen molar-refractivity contribution in [1.82, 2.24) is 0 Å². The molecule has 2 aromatic carbocycles. The molecule has 5 nitrogen and oxygen atoms in total. The molecule has 0 radical (unpaired) electrons. The maximum absolute atomic E-state index is 13.2. The molecule has 0 unspecified atom stereocenters. The smallest absolute Gasteiger partial charge is 0.335 e. The number of rotatable bonds is 5. The maximum atomic E-state index is 13.2. The highest BCUT2D eigenvalue weighted by molar-refractivity contribution is 7.98. The number of thioether (sulfide) groups is 1. The second kappa shape index (κ2) is 6.36. The minimum absolute atomic E-state index is 0.0116. The van der Waals surface area contributed by atoms with Crippen LogP contribution in [0.1, 0.15) is 15.9 Å². The van der Waals surface area contributed by atoms with Gasteiger partial charge in [-0.2, -0.15) is 0 Å². The third-order valence-corrected chi connectivity index (χ3v) is 3.85. The SMILES string of the molecule is O=C(O)c1ccc(F)cc1CSc1ccccc1[N+](=O)[O-]. The standard InChI is InChI=1S/C14H10FNO4S/c15-10-5-6-11(14(17)18)9(7-10)8-21-13-4-2-1-3-12(13)16(19)20/h1-7H,8H2,(H,17,18). The second-order valence-electron chi connectivity index (χ2n) is 4.12.